The second kappa shape index (κ2) is 6.37. The molecule has 4 heteroatoms. The molecule has 0 atom stereocenters. The van der Waals surface area contributed by atoms with E-state index in [0.717, 1.165) is 17.7 Å². The highest BCUT2D eigenvalue weighted by Crippen LogP contribution is 2.11. The molecular formula is C16H19FN2O. The molecule has 0 saturated carbocycles. The van der Waals surface area contributed by atoms with Crippen LogP contribution in [0.2, 0.25) is 0 Å². The van der Waals surface area contributed by atoms with Gasteiger partial charge in [0.25, 0.3) is 5.56 Å². The molecule has 0 radical (unpaired) electrons. The van der Waals surface area contributed by atoms with Gasteiger partial charge in [-0.2, -0.15) is 0 Å². The van der Waals surface area contributed by atoms with E-state index in [0.29, 0.717) is 18.7 Å². The minimum Gasteiger partial charge on any atom is -0.380 e. The second-order valence-corrected chi connectivity index (χ2v) is 4.89. The van der Waals surface area contributed by atoms with Gasteiger partial charge >= 0.3 is 0 Å². The van der Waals surface area contributed by atoms with E-state index in [2.05, 4.69) is 5.32 Å². The quantitative estimate of drug-likeness (QED) is 0.907. The summed E-state index contributed by atoms with van der Waals surface area (Å²) in [5.41, 5.74) is 2.55. The lowest BCUT2D eigenvalue weighted by Gasteiger charge is -2.10. The summed E-state index contributed by atoms with van der Waals surface area (Å²) in [4.78, 5) is 11.6. The van der Waals surface area contributed by atoms with Crippen molar-refractivity contribution in [2.45, 2.75) is 33.4 Å². The maximum atomic E-state index is 13.2. The van der Waals surface area contributed by atoms with Crippen molar-refractivity contribution >= 4 is 5.69 Å². The van der Waals surface area contributed by atoms with Crippen molar-refractivity contribution in [1.82, 2.24) is 4.57 Å². The standard InChI is InChI=1S/C16H19FN2O/c1-3-8-19-11-14(5-7-16(19)20)18-10-13-4-6-15(17)12(2)9-13/h4-7,9,11,18H,3,8,10H2,1-2H3. The average Bonchev–Trinajstić information content (AvgIpc) is 2.43. The van der Waals surface area contributed by atoms with Crippen LogP contribution in [-0.2, 0) is 13.1 Å². The Morgan fingerprint density at radius 3 is 2.75 bits per heavy atom. The Morgan fingerprint density at radius 1 is 1.25 bits per heavy atom. The van der Waals surface area contributed by atoms with E-state index in [1.54, 1.807) is 29.7 Å². The van der Waals surface area contributed by atoms with Gasteiger partial charge in [0.1, 0.15) is 5.82 Å². The Hall–Kier alpha value is -2.10. The zero-order valence-electron chi connectivity index (χ0n) is 11.8. The molecule has 0 unspecified atom stereocenters. The van der Waals surface area contributed by atoms with Crippen molar-refractivity contribution in [3.8, 4) is 0 Å². The molecule has 0 saturated heterocycles. The number of benzene rings is 1. The van der Waals surface area contributed by atoms with E-state index in [9.17, 15) is 9.18 Å². The first kappa shape index (κ1) is 14.3. The van der Waals surface area contributed by atoms with Crippen molar-refractivity contribution in [2.75, 3.05) is 5.32 Å². The Morgan fingerprint density at radius 2 is 2.05 bits per heavy atom. The topological polar surface area (TPSA) is 34.0 Å². The average molecular weight is 274 g/mol. The van der Waals surface area contributed by atoms with E-state index >= 15 is 0 Å². The van der Waals surface area contributed by atoms with Gasteiger partial charge < -0.3 is 9.88 Å². The van der Waals surface area contributed by atoms with Crippen LogP contribution in [0.4, 0.5) is 10.1 Å². The Labute approximate surface area is 118 Å². The fourth-order valence-electron chi connectivity index (χ4n) is 2.07. The summed E-state index contributed by atoms with van der Waals surface area (Å²) in [6, 6.07) is 8.39. The van der Waals surface area contributed by atoms with E-state index in [4.69, 9.17) is 0 Å². The number of hydrogen-bond donors (Lipinski definition) is 1. The molecule has 1 aromatic carbocycles. The number of aromatic nitrogens is 1. The molecule has 1 N–H and O–H groups in total. The lowest BCUT2D eigenvalue weighted by Crippen LogP contribution is -2.18. The number of rotatable bonds is 5. The third-order valence-electron chi connectivity index (χ3n) is 3.17. The molecule has 0 aliphatic heterocycles. The first-order valence-electron chi connectivity index (χ1n) is 6.79. The van der Waals surface area contributed by atoms with Gasteiger partial charge in [-0.15, -0.1) is 0 Å². The predicted octanol–water partition coefficient (Wildman–Crippen LogP) is 3.32. The monoisotopic (exact) mass is 274 g/mol. The van der Waals surface area contributed by atoms with E-state index in [1.807, 2.05) is 19.2 Å². The molecule has 0 amide bonds. The van der Waals surface area contributed by atoms with Crippen molar-refractivity contribution in [3.05, 3.63) is 63.8 Å². The largest absolute Gasteiger partial charge is 0.380 e. The fraction of sp³-hybridized carbons (Fsp3) is 0.312. The summed E-state index contributed by atoms with van der Waals surface area (Å²) < 4.78 is 14.9. The van der Waals surface area contributed by atoms with Crippen molar-refractivity contribution in [2.24, 2.45) is 0 Å². The van der Waals surface area contributed by atoms with Crippen LogP contribution in [0.25, 0.3) is 0 Å². The van der Waals surface area contributed by atoms with E-state index < -0.39 is 0 Å². The lowest BCUT2D eigenvalue weighted by atomic mass is 10.1. The minimum atomic E-state index is -0.190. The highest BCUT2D eigenvalue weighted by atomic mass is 19.1. The summed E-state index contributed by atoms with van der Waals surface area (Å²) in [6.45, 7) is 5.10. The zero-order valence-corrected chi connectivity index (χ0v) is 11.8. The molecule has 0 bridgehead atoms. The zero-order chi connectivity index (χ0) is 14.5. The highest BCUT2D eigenvalue weighted by molar-refractivity contribution is 5.41. The van der Waals surface area contributed by atoms with Gasteiger partial charge in [0.15, 0.2) is 0 Å². The van der Waals surface area contributed by atoms with Crippen molar-refractivity contribution < 1.29 is 4.39 Å². The van der Waals surface area contributed by atoms with Crippen LogP contribution >= 0.6 is 0 Å². The third kappa shape index (κ3) is 3.47. The minimum absolute atomic E-state index is 0.00928. The molecule has 0 aliphatic rings. The first-order chi connectivity index (χ1) is 9.60. The molecule has 1 aromatic heterocycles. The number of aryl methyl sites for hydroxylation is 2. The van der Waals surface area contributed by atoms with Gasteiger partial charge in [-0.1, -0.05) is 19.1 Å². The summed E-state index contributed by atoms with van der Waals surface area (Å²) >= 11 is 0. The van der Waals surface area contributed by atoms with Crippen LogP contribution in [0.3, 0.4) is 0 Å². The van der Waals surface area contributed by atoms with Crippen molar-refractivity contribution in [1.29, 1.82) is 0 Å². The highest BCUT2D eigenvalue weighted by Gasteiger charge is 2.01. The smallest absolute Gasteiger partial charge is 0.250 e. The Bertz CT molecular complexity index is 649. The van der Waals surface area contributed by atoms with Crippen LogP contribution in [-0.4, -0.2) is 4.57 Å². The second-order valence-electron chi connectivity index (χ2n) is 4.89. The molecule has 2 aromatic rings. The molecule has 0 spiro atoms. The van der Waals surface area contributed by atoms with Crippen LogP contribution in [0.5, 0.6) is 0 Å². The molecule has 20 heavy (non-hydrogen) atoms. The lowest BCUT2D eigenvalue weighted by molar-refractivity contribution is 0.617. The SMILES string of the molecule is CCCn1cc(NCc2ccc(F)c(C)c2)ccc1=O. The van der Waals surface area contributed by atoms with Gasteiger partial charge in [-0.3, -0.25) is 4.79 Å². The number of halogens is 1. The van der Waals surface area contributed by atoms with Crippen LogP contribution in [0.1, 0.15) is 24.5 Å². The van der Waals surface area contributed by atoms with E-state index in [-0.39, 0.29) is 11.4 Å². The first-order valence-corrected chi connectivity index (χ1v) is 6.79. The summed E-state index contributed by atoms with van der Waals surface area (Å²) in [5, 5.41) is 3.25. The van der Waals surface area contributed by atoms with E-state index in [1.165, 1.54) is 6.07 Å². The number of hydrogen-bond acceptors (Lipinski definition) is 2. The Kier molecular flexibility index (Phi) is 4.56. The molecule has 2 rings (SSSR count). The maximum Gasteiger partial charge on any atom is 0.250 e. The van der Waals surface area contributed by atoms with Gasteiger partial charge in [-0.25, -0.2) is 4.39 Å². The van der Waals surface area contributed by atoms with Crippen LogP contribution in [0, 0.1) is 12.7 Å². The maximum absolute atomic E-state index is 13.2. The number of nitrogens with one attached hydrogen (secondary N) is 1. The van der Waals surface area contributed by atoms with Gasteiger partial charge in [-0.05, 0) is 36.6 Å². The number of nitrogens with zero attached hydrogens (tertiary/aromatic N) is 1. The van der Waals surface area contributed by atoms with Crippen LogP contribution < -0.4 is 10.9 Å². The van der Waals surface area contributed by atoms with Crippen LogP contribution in [0.15, 0.2) is 41.3 Å². The fourth-order valence-corrected chi connectivity index (χ4v) is 2.07. The summed E-state index contributed by atoms with van der Waals surface area (Å²) in [5.74, 6) is -0.190. The molecule has 0 aliphatic carbocycles. The Balaban J connectivity index is 2.08. The molecule has 106 valence electrons. The molecular weight excluding hydrogens is 255 g/mol. The predicted molar refractivity (Wildman–Crippen MR) is 79.5 cm³/mol. The van der Waals surface area contributed by atoms with Gasteiger partial charge in [0.05, 0.1) is 5.69 Å². The molecule has 3 nitrogen and oxygen atoms in total. The van der Waals surface area contributed by atoms with Gasteiger partial charge in [0.2, 0.25) is 0 Å². The summed E-state index contributed by atoms with van der Waals surface area (Å²) in [6.07, 6.45) is 2.74. The normalized spacial score (nSPS) is 10.6. The summed E-state index contributed by atoms with van der Waals surface area (Å²) in [7, 11) is 0. The number of pyridine rings is 1. The molecule has 1 heterocycles. The van der Waals surface area contributed by atoms with Gasteiger partial charge in [0, 0.05) is 25.4 Å². The molecule has 0 fully saturated rings. The van der Waals surface area contributed by atoms with Crippen molar-refractivity contribution in [3.63, 3.8) is 0 Å². The third-order valence-corrected chi connectivity index (χ3v) is 3.17. The number of anilines is 1.